The minimum absolute atomic E-state index is 0.553. The van der Waals surface area contributed by atoms with E-state index < -0.39 is 6.10 Å². The van der Waals surface area contributed by atoms with E-state index in [2.05, 4.69) is 10.9 Å². The summed E-state index contributed by atoms with van der Waals surface area (Å²) in [6.07, 6.45) is 4.57. The minimum atomic E-state index is -0.553. The fraction of sp³-hybridized carbons (Fsp3) is 0.222. The average molecular weight is 147 g/mol. The van der Waals surface area contributed by atoms with Gasteiger partial charge in [-0.05, 0) is 19.1 Å². The number of rotatable bonds is 1. The van der Waals surface area contributed by atoms with E-state index in [1.807, 2.05) is 0 Å². The molecule has 0 saturated heterocycles. The van der Waals surface area contributed by atoms with E-state index in [1.165, 1.54) is 0 Å². The van der Waals surface area contributed by atoms with Gasteiger partial charge >= 0.3 is 0 Å². The van der Waals surface area contributed by atoms with Gasteiger partial charge < -0.3 is 5.11 Å². The highest BCUT2D eigenvalue weighted by Crippen LogP contribution is 2.07. The van der Waals surface area contributed by atoms with Crippen molar-refractivity contribution in [2.24, 2.45) is 0 Å². The van der Waals surface area contributed by atoms with E-state index in [-0.39, 0.29) is 0 Å². The summed E-state index contributed by atoms with van der Waals surface area (Å²) in [7, 11) is 0. The largest absolute Gasteiger partial charge is 0.387 e. The van der Waals surface area contributed by atoms with Gasteiger partial charge in [-0.25, -0.2) is 4.98 Å². The van der Waals surface area contributed by atoms with Crippen molar-refractivity contribution in [2.45, 2.75) is 13.0 Å². The van der Waals surface area contributed by atoms with Crippen LogP contribution in [-0.4, -0.2) is 10.1 Å². The molecule has 1 atom stereocenters. The van der Waals surface area contributed by atoms with Crippen LogP contribution in [0.3, 0.4) is 0 Å². The third-order valence-corrected chi connectivity index (χ3v) is 1.35. The summed E-state index contributed by atoms with van der Waals surface area (Å²) in [6, 6.07) is 5.25. The van der Waals surface area contributed by atoms with Crippen molar-refractivity contribution in [3.05, 3.63) is 29.6 Å². The molecule has 0 radical (unpaired) electrons. The van der Waals surface area contributed by atoms with Gasteiger partial charge in [-0.3, -0.25) is 0 Å². The summed E-state index contributed by atoms with van der Waals surface area (Å²) in [5.41, 5.74) is 1.17. The van der Waals surface area contributed by atoms with Gasteiger partial charge in [0, 0.05) is 0 Å². The van der Waals surface area contributed by atoms with Crippen LogP contribution in [0.1, 0.15) is 24.4 Å². The molecule has 0 amide bonds. The van der Waals surface area contributed by atoms with Crippen LogP contribution in [0, 0.1) is 12.3 Å². The summed E-state index contributed by atoms with van der Waals surface area (Å²) in [6.45, 7) is 1.66. The molecule has 2 nitrogen and oxygen atoms in total. The first-order chi connectivity index (χ1) is 5.24. The molecule has 0 aliphatic rings. The van der Waals surface area contributed by atoms with Crippen molar-refractivity contribution in [2.75, 3.05) is 0 Å². The van der Waals surface area contributed by atoms with Crippen LogP contribution in [0.4, 0.5) is 0 Å². The minimum Gasteiger partial charge on any atom is -0.387 e. The summed E-state index contributed by atoms with van der Waals surface area (Å²) < 4.78 is 0. The molecule has 0 aliphatic heterocycles. The molecule has 0 spiro atoms. The number of hydrogen-bond donors (Lipinski definition) is 1. The Kier molecular flexibility index (Phi) is 2.25. The van der Waals surface area contributed by atoms with E-state index >= 15 is 0 Å². The van der Waals surface area contributed by atoms with E-state index in [1.54, 1.807) is 25.1 Å². The first kappa shape index (κ1) is 7.77. The normalized spacial score (nSPS) is 12.1. The molecular weight excluding hydrogens is 138 g/mol. The zero-order chi connectivity index (χ0) is 8.27. The van der Waals surface area contributed by atoms with Crippen molar-refractivity contribution in [3.63, 3.8) is 0 Å². The van der Waals surface area contributed by atoms with Gasteiger partial charge in [0.05, 0.1) is 11.8 Å². The fourth-order valence-electron chi connectivity index (χ4n) is 0.765. The van der Waals surface area contributed by atoms with Crippen molar-refractivity contribution < 1.29 is 5.11 Å². The van der Waals surface area contributed by atoms with Crippen LogP contribution < -0.4 is 0 Å². The smallest absolute Gasteiger partial charge is 0.113 e. The third kappa shape index (κ3) is 1.79. The van der Waals surface area contributed by atoms with E-state index in [9.17, 15) is 0 Å². The Hall–Kier alpha value is -1.33. The molecule has 1 aromatic heterocycles. The van der Waals surface area contributed by atoms with Crippen LogP contribution in [0.25, 0.3) is 0 Å². The monoisotopic (exact) mass is 147 g/mol. The second-order valence-electron chi connectivity index (χ2n) is 2.27. The molecule has 0 saturated carbocycles. The lowest BCUT2D eigenvalue weighted by atomic mass is 10.2. The molecule has 1 unspecified atom stereocenters. The molecule has 0 bridgehead atoms. The second-order valence-corrected chi connectivity index (χ2v) is 2.27. The zero-order valence-corrected chi connectivity index (χ0v) is 6.28. The summed E-state index contributed by atoms with van der Waals surface area (Å²) in [5, 5.41) is 9.11. The molecule has 11 heavy (non-hydrogen) atoms. The number of nitrogens with zero attached hydrogens (tertiary/aromatic N) is 1. The molecule has 1 heterocycles. The van der Waals surface area contributed by atoms with Crippen molar-refractivity contribution >= 4 is 0 Å². The molecule has 0 fully saturated rings. The number of aromatic nitrogens is 1. The van der Waals surface area contributed by atoms with Gasteiger partial charge in [0.2, 0.25) is 0 Å². The molecule has 0 aromatic carbocycles. The van der Waals surface area contributed by atoms with Crippen LogP contribution in [0.15, 0.2) is 18.2 Å². The van der Waals surface area contributed by atoms with Gasteiger partial charge in [-0.1, -0.05) is 12.0 Å². The Morgan fingerprint density at radius 3 is 2.91 bits per heavy atom. The Morgan fingerprint density at radius 1 is 1.64 bits per heavy atom. The maximum absolute atomic E-state index is 9.11. The van der Waals surface area contributed by atoms with Crippen LogP contribution in [-0.2, 0) is 0 Å². The van der Waals surface area contributed by atoms with E-state index in [4.69, 9.17) is 11.5 Å². The van der Waals surface area contributed by atoms with Crippen LogP contribution in [0.5, 0.6) is 0 Å². The highest BCUT2D eigenvalue weighted by atomic mass is 16.3. The van der Waals surface area contributed by atoms with E-state index in [0.717, 1.165) is 0 Å². The van der Waals surface area contributed by atoms with Crippen molar-refractivity contribution in [1.82, 2.24) is 4.98 Å². The maximum Gasteiger partial charge on any atom is 0.113 e. The average Bonchev–Trinajstić information content (AvgIpc) is 2.05. The quantitative estimate of drug-likeness (QED) is 0.604. The van der Waals surface area contributed by atoms with Gasteiger partial charge in [0.25, 0.3) is 0 Å². The van der Waals surface area contributed by atoms with Gasteiger partial charge in [0.15, 0.2) is 0 Å². The zero-order valence-electron chi connectivity index (χ0n) is 6.28. The molecule has 0 aliphatic carbocycles. The van der Waals surface area contributed by atoms with E-state index in [0.29, 0.717) is 11.4 Å². The highest BCUT2D eigenvalue weighted by Gasteiger charge is 2.00. The number of terminal acetylenes is 1. The lowest BCUT2D eigenvalue weighted by molar-refractivity contribution is 0.194. The van der Waals surface area contributed by atoms with Crippen LogP contribution >= 0.6 is 0 Å². The molecular formula is C9H9NO. The standard InChI is InChI=1S/C9H9NO/c1-3-8-5-4-6-9(10-8)7(2)11/h1,4-7,11H,2H3. The fourth-order valence-corrected chi connectivity index (χ4v) is 0.765. The first-order valence-electron chi connectivity index (χ1n) is 3.35. The third-order valence-electron chi connectivity index (χ3n) is 1.35. The molecule has 1 aromatic rings. The molecule has 56 valence electrons. The lowest BCUT2D eigenvalue weighted by Gasteiger charge is -2.02. The number of hydrogen-bond acceptors (Lipinski definition) is 2. The van der Waals surface area contributed by atoms with Gasteiger partial charge in [-0.2, -0.15) is 0 Å². The topological polar surface area (TPSA) is 33.1 Å². The van der Waals surface area contributed by atoms with Crippen LogP contribution in [0.2, 0.25) is 0 Å². The highest BCUT2D eigenvalue weighted by molar-refractivity contribution is 5.26. The van der Waals surface area contributed by atoms with Crippen molar-refractivity contribution in [1.29, 1.82) is 0 Å². The Balaban J connectivity index is 3.03. The Morgan fingerprint density at radius 2 is 2.36 bits per heavy atom. The molecule has 2 heteroatoms. The summed E-state index contributed by atoms with van der Waals surface area (Å²) in [5.74, 6) is 2.40. The lowest BCUT2D eigenvalue weighted by Crippen LogP contribution is -1.96. The number of pyridine rings is 1. The van der Waals surface area contributed by atoms with Crippen molar-refractivity contribution in [3.8, 4) is 12.3 Å². The number of aliphatic hydroxyl groups is 1. The second kappa shape index (κ2) is 3.18. The predicted molar refractivity (Wildman–Crippen MR) is 42.8 cm³/mol. The summed E-state index contributed by atoms with van der Waals surface area (Å²) >= 11 is 0. The maximum atomic E-state index is 9.11. The Labute approximate surface area is 65.9 Å². The number of aliphatic hydroxyl groups excluding tert-OH is 1. The SMILES string of the molecule is C#Cc1cccc(C(C)O)n1. The summed E-state index contributed by atoms with van der Waals surface area (Å²) in [4.78, 5) is 4.00. The molecule has 1 rings (SSSR count). The van der Waals surface area contributed by atoms with Gasteiger partial charge in [0.1, 0.15) is 5.69 Å². The van der Waals surface area contributed by atoms with Gasteiger partial charge in [-0.15, -0.1) is 6.42 Å². The molecule has 1 N–H and O–H groups in total. The predicted octanol–water partition coefficient (Wildman–Crippen LogP) is 1.12. The Bertz CT molecular complexity index is 286. The first-order valence-corrected chi connectivity index (χ1v) is 3.35.